The summed E-state index contributed by atoms with van der Waals surface area (Å²) in [5.74, 6) is 0.270. The number of rotatable bonds is 8. The first-order valence-electron chi connectivity index (χ1n) is 8.45. The van der Waals surface area contributed by atoms with Crippen LogP contribution in [0.2, 0.25) is 0 Å². The summed E-state index contributed by atoms with van der Waals surface area (Å²) in [5, 5.41) is 21.9. The number of hydrogen-bond donors (Lipinski definition) is 3. The molecule has 8 heteroatoms. The summed E-state index contributed by atoms with van der Waals surface area (Å²) >= 11 is 0. The van der Waals surface area contributed by atoms with Crippen molar-refractivity contribution in [1.29, 1.82) is 0 Å². The van der Waals surface area contributed by atoms with Crippen molar-refractivity contribution in [2.24, 2.45) is 0 Å². The molecule has 0 saturated heterocycles. The van der Waals surface area contributed by atoms with E-state index in [0.29, 0.717) is 11.3 Å². The third-order valence-electron chi connectivity index (χ3n) is 4.12. The van der Waals surface area contributed by atoms with Gasteiger partial charge in [0.25, 0.3) is 0 Å². The van der Waals surface area contributed by atoms with Gasteiger partial charge in [-0.15, -0.1) is 0 Å². The van der Waals surface area contributed by atoms with Gasteiger partial charge in [0, 0.05) is 22.9 Å². The van der Waals surface area contributed by atoms with Gasteiger partial charge < -0.3 is 29.2 Å². The van der Waals surface area contributed by atoms with Gasteiger partial charge in [-0.1, -0.05) is 36.4 Å². The summed E-state index contributed by atoms with van der Waals surface area (Å²) in [6.07, 6.45) is 0.911. The van der Waals surface area contributed by atoms with Crippen molar-refractivity contribution in [1.82, 2.24) is 5.32 Å². The predicted molar refractivity (Wildman–Crippen MR) is 99.8 cm³/mol. The van der Waals surface area contributed by atoms with Gasteiger partial charge in [0.05, 0.1) is 19.8 Å². The first-order valence-corrected chi connectivity index (χ1v) is 8.45. The standard InChI is InChI=1S/C19H20BNO6/c1-25-16-8-4-2-6-13(16)10-18(22)21-19(27-20(23)24)11-14-12-26-17-9-5-3-7-15(14)17/h2-9,12,19,23-24H,10-11H2,1H3,(H,21,22)/t19-/m1/s1. The van der Waals surface area contributed by atoms with E-state index in [0.717, 1.165) is 16.5 Å². The molecule has 0 saturated carbocycles. The van der Waals surface area contributed by atoms with Crippen molar-refractivity contribution < 1.29 is 28.7 Å². The number of benzene rings is 2. The average molecular weight is 369 g/mol. The van der Waals surface area contributed by atoms with Gasteiger partial charge in [-0.3, -0.25) is 4.79 Å². The lowest BCUT2D eigenvalue weighted by atomic mass is 10.1. The van der Waals surface area contributed by atoms with Crippen LogP contribution < -0.4 is 10.1 Å². The molecular weight excluding hydrogens is 349 g/mol. The second kappa shape index (κ2) is 8.72. The Bertz CT molecular complexity index is 910. The molecule has 3 aromatic rings. The van der Waals surface area contributed by atoms with Gasteiger partial charge in [-0.25, -0.2) is 0 Å². The third-order valence-corrected chi connectivity index (χ3v) is 4.12. The fraction of sp³-hybridized carbons (Fsp3) is 0.211. The summed E-state index contributed by atoms with van der Waals surface area (Å²) < 4.78 is 15.8. The van der Waals surface area contributed by atoms with Gasteiger partial charge >= 0.3 is 7.32 Å². The Morgan fingerprint density at radius 1 is 1.15 bits per heavy atom. The number of carbonyl (C=O) groups excluding carboxylic acids is 1. The van der Waals surface area contributed by atoms with Crippen molar-refractivity contribution in [2.45, 2.75) is 19.1 Å². The minimum atomic E-state index is -2.01. The molecule has 0 radical (unpaired) electrons. The monoisotopic (exact) mass is 369 g/mol. The van der Waals surface area contributed by atoms with Gasteiger partial charge in [-0.2, -0.15) is 0 Å². The van der Waals surface area contributed by atoms with Crippen LogP contribution in [0, 0.1) is 0 Å². The Labute approximate surface area is 156 Å². The topological polar surface area (TPSA) is 101 Å². The fourth-order valence-electron chi connectivity index (χ4n) is 2.92. The van der Waals surface area contributed by atoms with Crippen molar-refractivity contribution in [2.75, 3.05) is 7.11 Å². The van der Waals surface area contributed by atoms with Crippen molar-refractivity contribution in [3.63, 3.8) is 0 Å². The molecule has 140 valence electrons. The Morgan fingerprint density at radius 2 is 1.89 bits per heavy atom. The molecular formula is C19H20BNO6. The summed E-state index contributed by atoms with van der Waals surface area (Å²) in [6, 6.07) is 14.6. The van der Waals surface area contributed by atoms with Crippen LogP contribution in [0.1, 0.15) is 11.1 Å². The van der Waals surface area contributed by atoms with Crippen LogP contribution in [0.25, 0.3) is 11.0 Å². The normalized spacial score (nSPS) is 12.0. The number of nitrogens with one attached hydrogen (secondary N) is 1. The number of fused-ring (bicyclic) bond motifs is 1. The van der Waals surface area contributed by atoms with Crippen LogP contribution in [0.4, 0.5) is 0 Å². The second-order valence-corrected chi connectivity index (χ2v) is 5.97. The third kappa shape index (κ3) is 4.88. The first kappa shape index (κ1) is 19.0. The molecule has 27 heavy (non-hydrogen) atoms. The highest BCUT2D eigenvalue weighted by Gasteiger charge is 2.22. The number of methoxy groups -OCH3 is 1. The van der Waals surface area contributed by atoms with Crippen molar-refractivity contribution in [3.8, 4) is 5.75 Å². The quantitative estimate of drug-likeness (QED) is 0.412. The summed E-state index contributed by atoms with van der Waals surface area (Å²) in [7, 11) is -0.478. The lowest BCUT2D eigenvalue weighted by Gasteiger charge is -2.19. The van der Waals surface area contributed by atoms with Crippen LogP contribution in [-0.4, -0.2) is 36.6 Å². The zero-order valence-electron chi connectivity index (χ0n) is 14.8. The molecule has 0 aliphatic heterocycles. The van der Waals surface area contributed by atoms with E-state index in [1.807, 2.05) is 36.4 Å². The fourth-order valence-corrected chi connectivity index (χ4v) is 2.92. The molecule has 7 nitrogen and oxygen atoms in total. The van der Waals surface area contributed by atoms with E-state index in [9.17, 15) is 14.8 Å². The maximum absolute atomic E-state index is 12.4. The zero-order chi connectivity index (χ0) is 19.2. The highest BCUT2D eigenvalue weighted by molar-refractivity contribution is 6.32. The lowest BCUT2D eigenvalue weighted by Crippen LogP contribution is -2.43. The molecule has 1 amide bonds. The van der Waals surface area contributed by atoms with E-state index in [1.54, 1.807) is 18.4 Å². The lowest BCUT2D eigenvalue weighted by molar-refractivity contribution is -0.123. The Kier molecular flexibility index (Phi) is 6.13. The van der Waals surface area contributed by atoms with E-state index in [4.69, 9.17) is 13.8 Å². The minimum Gasteiger partial charge on any atom is -0.496 e. The van der Waals surface area contributed by atoms with E-state index >= 15 is 0 Å². The first-order chi connectivity index (χ1) is 13.1. The molecule has 1 atom stereocenters. The maximum atomic E-state index is 12.4. The molecule has 0 spiro atoms. The van der Waals surface area contributed by atoms with Gasteiger partial charge in [0.1, 0.15) is 17.6 Å². The molecule has 0 unspecified atom stereocenters. The second-order valence-electron chi connectivity index (χ2n) is 5.97. The molecule has 2 aromatic carbocycles. The summed E-state index contributed by atoms with van der Waals surface area (Å²) in [5.41, 5.74) is 2.21. The van der Waals surface area contributed by atoms with E-state index < -0.39 is 13.5 Å². The molecule has 0 fully saturated rings. The summed E-state index contributed by atoms with van der Waals surface area (Å²) in [4.78, 5) is 12.4. The molecule has 1 heterocycles. The van der Waals surface area contributed by atoms with Crippen LogP contribution in [0.5, 0.6) is 5.75 Å². The molecule has 0 aliphatic rings. The SMILES string of the molecule is COc1ccccc1CC(=O)N[C@@H](Cc1coc2ccccc12)OB(O)O. The highest BCUT2D eigenvalue weighted by atomic mass is 16.6. The van der Waals surface area contributed by atoms with Crippen molar-refractivity contribution >= 4 is 24.2 Å². The molecule has 3 rings (SSSR count). The number of furan rings is 1. The molecule has 0 aliphatic carbocycles. The Hall–Kier alpha value is -2.81. The van der Waals surface area contributed by atoms with Crippen LogP contribution in [0.15, 0.2) is 59.2 Å². The smallest absolute Gasteiger partial charge is 0.496 e. The van der Waals surface area contributed by atoms with E-state index in [2.05, 4.69) is 5.32 Å². The van der Waals surface area contributed by atoms with Gasteiger partial charge in [-0.05, 0) is 12.1 Å². The van der Waals surface area contributed by atoms with Crippen molar-refractivity contribution in [3.05, 3.63) is 65.9 Å². The predicted octanol–water partition coefficient (Wildman–Crippen LogP) is 1.65. The van der Waals surface area contributed by atoms with Gasteiger partial charge in [0.15, 0.2) is 0 Å². The average Bonchev–Trinajstić information content (AvgIpc) is 3.04. The van der Waals surface area contributed by atoms with Gasteiger partial charge in [0.2, 0.25) is 5.91 Å². The number of amides is 1. The maximum Gasteiger partial charge on any atom is 0.635 e. The largest absolute Gasteiger partial charge is 0.635 e. The molecule has 3 N–H and O–H groups in total. The van der Waals surface area contributed by atoms with Crippen LogP contribution >= 0.6 is 0 Å². The van der Waals surface area contributed by atoms with Crippen LogP contribution in [0.3, 0.4) is 0 Å². The zero-order valence-corrected chi connectivity index (χ0v) is 14.8. The minimum absolute atomic E-state index is 0.0670. The Morgan fingerprint density at radius 3 is 2.67 bits per heavy atom. The van der Waals surface area contributed by atoms with E-state index in [1.165, 1.54) is 7.11 Å². The summed E-state index contributed by atoms with van der Waals surface area (Å²) in [6.45, 7) is 0. The number of hydrogen-bond acceptors (Lipinski definition) is 6. The van der Waals surface area contributed by atoms with E-state index in [-0.39, 0.29) is 18.7 Å². The number of ether oxygens (including phenoxy) is 1. The highest BCUT2D eigenvalue weighted by Crippen LogP contribution is 2.22. The number of carbonyl (C=O) groups is 1. The Balaban J connectivity index is 1.72. The van der Waals surface area contributed by atoms with Crippen LogP contribution in [-0.2, 0) is 22.3 Å². The molecule has 0 bridgehead atoms. The molecule has 1 aromatic heterocycles. The number of para-hydroxylation sites is 2.